The lowest BCUT2D eigenvalue weighted by atomic mass is 10.2. The van der Waals surface area contributed by atoms with E-state index in [9.17, 15) is 8.42 Å². The van der Waals surface area contributed by atoms with Gasteiger partial charge in [-0.1, -0.05) is 0 Å². The average Bonchev–Trinajstić information content (AvgIpc) is 3.40. The number of H-pyrrole nitrogens is 1. The van der Waals surface area contributed by atoms with Gasteiger partial charge in [0.15, 0.2) is 0 Å². The van der Waals surface area contributed by atoms with E-state index in [1.54, 1.807) is 41.9 Å². The number of likely N-dealkylation sites (N-methyl/N-ethyl adjacent to an activating group) is 1. The summed E-state index contributed by atoms with van der Waals surface area (Å²) in [5.41, 5.74) is 0.935. The minimum atomic E-state index is -3.63. The van der Waals surface area contributed by atoms with Crippen LogP contribution in [-0.4, -0.2) is 77.4 Å². The molecule has 1 aromatic carbocycles. The third-order valence-electron chi connectivity index (χ3n) is 6.38. The van der Waals surface area contributed by atoms with Gasteiger partial charge in [0.2, 0.25) is 0 Å². The molecule has 0 unspecified atom stereocenters. The molecule has 2 aliphatic rings. The van der Waals surface area contributed by atoms with Crippen molar-refractivity contribution in [1.29, 1.82) is 5.26 Å². The normalized spacial score (nSPS) is 18.0. The zero-order valence-corrected chi connectivity index (χ0v) is 19.1. The summed E-state index contributed by atoms with van der Waals surface area (Å²) in [5, 5.41) is 9.82. The number of hydrogen-bond acceptors (Lipinski definition) is 7. The molecule has 1 saturated carbocycles. The molecule has 1 saturated heterocycles. The molecule has 1 spiro atoms. The van der Waals surface area contributed by atoms with E-state index in [1.165, 1.54) is 4.31 Å². The number of rotatable bonds is 7. The molecule has 10 nitrogen and oxygen atoms in total. The van der Waals surface area contributed by atoms with Gasteiger partial charge < -0.3 is 14.6 Å². The van der Waals surface area contributed by atoms with Crippen LogP contribution < -0.4 is 9.64 Å². The zero-order chi connectivity index (χ0) is 23.1. The molecule has 0 bridgehead atoms. The first-order valence-electron chi connectivity index (χ1n) is 10.8. The van der Waals surface area contributed by atoms with Crippen molar-refractivity contribution in [3.05, 3.63) is 48.4 Å². The van der Waals surface area contributed by atoms with Crippen molar-refractivity contribution >= 4 is 27.1 Å². The first kappa shape index (κ1) is 21.6. The monoisotopic (exact) mass is 467 g/mol. The van der Waals surface area contributed by atoms with Gasteiger partial charge in [-0.05, 0) is 43.2 Å². The fourth-order valence-corrected chi connectivity index (χ4v) is 6.05. The summed E-state index contributed by atoms with van der Waals surface area (Å²) in [6.45, 7) is 2.03. The minimum absolute atomic E-state index is 0.223. The number of aromatic nitrogens is 3. The van der Waals surface area contributed by atoms with Crippen LogP contribution in [0.25, 0.3) is 11.0 Å². The van der Waals surface area contributed by atoms with Crippen LogP contribution in [0, 0.1) is 11.3 Å². The number of ether oxygens (including phenoxy) is 1. The zero-order valence-electron chi connectivity index (χ0n) is 18.3. The first-order valence-corrected chi connectivity index (χ1v) is 12.2. The highest BCUT2D eigenvalue weighted by atomic mass is 32.2. The standard InChI is InChI=1S/C22H25N7O3S/c1-27(12-13-32-18-4-2-17(14-23)3-5-18)33(30,31)29-11-10-28(15-22(29)7-8-22)21-19-6-9-24-20(19)25-16-26-21/h2-6,9,16H,7-8,10-13,15H2,1H3,(H,24,25,26). The quantitative estimate of drug-likeness (QED) is 0.562. The predicted molar refractivity (Wildman–Crippen MR) is 123 cm³/mol. The molecule has 172 valence electrons. The van der Waals surface area contributed by atoms with E-state index in [4.69, 9.17) is 10.00 Å². The van der Waals surface area contributed by atoms with Gasteiger partial charge in [-0.2, -0.15) is 22.3 Å². The number of aromatic amines is 1. The molecule has 33 heavy (non-hydrogen) atoms. The molecule has 1 aliphatic heterocycles. The maximum absolute atomic E-state index is 13.4. The van der Waals surface area contributed by atoms with Crippen LogP contribution in [0.4, 0.5) is 5.82 Å². The van der Waals surface area contributed by atoms with Crippen LogP contribution in [0.3, 0.4) is 0 Å². The van der Waals surface area contributed by atoms with E-state index >= 15 is 0 Å². The largest absolute Gasteiger partial charge is 0.492 e. The number of anilines is 1. The van der Waals surface area contributed by atoms with Crippen LogP contribution in [0.15, 0.2) is 42.9 Å². The maximum atomic E-state index is 13.4. The number of fused-ring (bicyclic) bond motifs is 1. The molecule has 11 heteroatoms. The van der Waals surface area contributed by atoms with E-state index in [0.29, 0.717) is 30.9 Å². The molecule has 3 aromatic rings. The van der Waals surface area contributed by atoms with Crippen molar-refractivity contribution in [2.24, 2.45) is 0 Å². The van der Waals surface area contributed by atoms with Gasteiger partial charge in [0, 0.05) is 39.4 Å². The number of nitrogens with one attached hydrogen (secondary N) is 1. The number of benzene rings is 1. The highest BCUT2D eigenvalue weighted by Gasteiger charge is 2.56. The molecular formula is C22H25N7O3S. The molecule has 3 heterocycles. The Bertz CT molecular complexity index is 1300. The van der Waals surface area contributed by atoms with Gasteiger partial charge in [-0.15, -0.1) is 0 Å². The fraction of sp³-hybridized carbons (Fsp3) is 0.409. The van der Waals surface area contributed by atoms with Crippen molar-refractivity contribution < 1.29 is 13.2 Å². The lowest BCUT2D eigenvalue weighted by Crippen LogP contribution is -2.60. The van der Waals surface area contributed by atoms with Crippen molar-refractivity contribution in [2.75, 3.05) is 44.7 Å². The van der Waals surface area contributed by atoms with Gasteiger partial charge >= 0.3 is 0 Å². The second-order valence-electron chi connectivity index (χ2n) is 8.47. The topological polar surface area (TPSA) is 118 Å². The molecule has 1 aliphatic carbocycles. The summed E-state index contributed by atoms with van der Waals surface area (Å²) >= 11 is 0. The summed E-state index contributed by atoms with van der Waals surface area (Å²) < 4.78 is 35.5. The fourth-order valence-electron chi connectivity index (χ4n) is 4.37. The smallest absolute Gasteiger partial charge is 0.282 e. The summed E-state index contributed by atoms with van der Waals surface area (Å²) in [7, 11) is -2.04. The van der Waals surface area contributed by atoms with E-state index in [1.807, 2.05) is 12.3 Å². The average molecular weight is 468 g/mol. The summed E-state index contributed by atoms with van der Waals surface area (Å²) in [5.74, 6) is 1.45. The maximum Gasteiger partial charge on any atom is 0.282 e. The van der Waals surface area contributed by atoms with E-state index < -0.39 is 15.7 Å². The number of hydrogen-bond donors (Lipinski definition) is 1. The van der Waals surface area contributed by atoms with Gasteiger partial charge in [-0.25, -0.2) is 9.97 Å². The molecule has 0 radical (unpaired) electrons. The Morgan fingerprint density at radius 1 is 1.21 bits per heavy atom. The first-order chi connectivity index (χ1) is 15.9. The number of nitrogens with zero attached hydrogens (tertiary/aromatic N) is 6. The van der Waals surface area contributed by atoms with Crippen LogP contribution in [0.1, 0.15) is 18.4 Å². The second kappa shape index (κ2) is 8.30. The van der Waals surface area contributed by atoms with Crippen molar-refractivity contribution in [1.82, 2.24) is 23.6 Å². The molecule has 2 fully saturated rings. The SMILES string of the molecule is CN(CCOc1ccc(C#N)cc1)S(=O)(=O)N1CCN(c2ncnc3[nH]ccc23)CC12CC2. The van der Waals surface area contributed by atoms with Crippen LogP contribution in [0.5, 0.6) is 5.75 Å². The van der Waals surface area contributed by atoms with E-state index in [0.717, 1.165) is 29.7 Å². The van der Waals surface area contributed by atoms with Crippen LogP contribution >= 0.6 is 0 Å². The molecule has 0 amide bonds. The van der Waals surface area contributed by atoms with Crippen molar-refractivity contribution in [3.63, 3.8) is 0 Å². The van der Waals surface area contributed by atoms with Crippen LogP contribution in [0.2, 0.25) is 0 Å². The number of piperazine rings is 1. The molecule has 2 aromatic heterocycles. The Balaban J connectivity index is 1.24. The van der Waals surface area contributed by atoms with Crippen LogP contribution in [-0.2, 0) is 10.2 Å². The number of nitriles is 1. The highest BCUT2D eigenvalue weighted by molar-refractivity contribution is 7.86. The van der Waals surface area contributed by atoms with Crippen molar-refractivity contribution in [3.8, 4) is 11.8 Å². The second-order valence-corrected chi connectivity index (χ2v) is 10.4. The Hall–Kier alpha value is -3.20. The minimum Gasteiger partial charge on any atom is -0.492 e. The Morgan fingerprint density at radius 3 is 2.73 bits per heavy atom. The third-order valence-corrected chi connectivity index (χ3v) is 8.47. The van der Waals surface area contributed by atoms with Gasteiger partial charge in [0.25, 0.3) is 10.2 Å². The van der Waals surface area contributed by atoms with Gasteiger partial charge in [0.1, 0.15) is 30.1 Å². The van der Waals surface area contributed by atoms with Gasteiger partial charge in [-0.3, -0.25) is 0 Å². The molecule has 0 atom stereocenters. The Morgan fingerprint density at radius 2 is 2.00 bits per heavy atom. The summed E-state index contributed by atoms with van der Waals surface area (Å²) in [6, 6.07) is 10.8. The Labute approximate surface area is 192 Å². The highest BCUT2D eigenvalue weighted by Crippen LogP contribution is 2.47. The van der Waals surface area contributed by atoms with E-state index in [-0.39, 0.29) is 13.2 Å². The van der Waals surface area contributed by atoms with Crippen molar-refractivity contribution in [2.45, 2.75) is 18.4 Å². The third kappa shape index (κ3) is 4.01. The van der Waals surface area contributed by atoms with E-state index in [2.05, 4.69) is 25.9 Å². The lowest BCUT2D eigenvalue weighted by Gasteiger charge is -2.43. The van der Waals surface area contributed by atoms with Gasteiger partial charge in [0.05, 0.1) is 22.6 Å². The summed E-state index contributed by atoms with van der Waals surface area (Å²) in [4.78, 5) is 14.0. The lowest BCUT2D eigenvalue weighted by molar-refractivity contribution is 0.237. The molecular weight excluding hydrogens is 442 g/mol. The summed E-state index contributed by atoms with van der Waals surface area (Å²) in [6.07, 6.45) is 5.04. The Kier molecular flexibility index (Phi) is 5.44. The molecule has 5 rings (SSSR count). The predicted octanol–water partition coefficient (Wildman–Crippen LogP) is 1.74. The molecule has 1 N–H and O–H groups in total.